The van der Waals surface area contributed by atoms with Crippen LogP contribution in [0.3, 0.4) is 0 Å². The third-order valence-electron chi connectivity index (χ3n) is 2.80. The van der Waals surface area contributed by atoms with E-state index >= 15 is 0 Å². The summed E-state index contributed by atoms with van der Waals surface area (Å²) >= 11 is 3.05. The molecule has 21 heavy (non-hydrogen) atoms. The van der Waals surface area contributed by atoms with Crippen molar-refractivity contribution in [2.45, 2.75) is 11.4 Å². The number of sulfone groups is 1. The van der Waals surface area contributed by atoms with Crippen molar-refractivity contribution in [1.82, 2.24) is 9.55 Å². The zero-order valence-electron chi connectivity index (χ0n) is 10.7. The average molecular weight is 368 g/mol. The van der Waals surface area contributed by atoms with Gasteiger partial charge in [0.15, 0.2) is 9.84 Å². The fraction of sp³-hybridized carbons (Fsp3) is 0.154. The van der Waals surface area contributed by atoms with Crippen molar-refractivity contribution < 1.29 is 8.42 Å². The zero-order valence-corrected chi connectivity index (χ0v) is 13.1. The minimum atomic E-state index is -3.53. The van der Waals surface area contributed by atoms with Crippen LogP contribution in [0.4, 0.5) is 0 Å². The number of rotatable bonds is 4. The lowest BCUT2D eigenvalue weighted by molar-refractivity contribution is 0.586. The van der Waals surface area contributed by atoms with Gasteiger partial charge in [-0.25, -0.2) is 13.4 Å². The minimum Gasteiger partial charge on any atom is -0.297 e. The number of aryl methyl sites for hydroxylation is 1. The maximum Gasteiger partial charge on any atom is 0.267 e. The number of aromatic nitrogens is 2. The second-order valence-electron chi connectivity index (χ2n) is 4.20. The van der Waals surface area contributed by atoms with Gasteiger partial charge in [0.2, 0.25) is 0 Å². The molecule has 0 saturated carbocycles. The summed E-state index contributed by atoms with van der Waals surface area (Å²) in [5.41, 5.74) is 0.0568. The van der Waals surface area contributed by atoms with E-state index in [-0.39, 0.29) is 27.2 Å². The highest BCUT2D eigenvalue weighted by molar-refractivity contribution is 9.10. The summed E-state index contributed by atoms with van der Waals surface area (Å²) in [5.74, 6) is -0.225. The number of hydrogen-bond acceptors (Lipinski definition) is 5. The summed E-state index contributed by atoms with van der Waals surface area (Å²) in [6.07, 6.45) is 2.65. The highest BCUT2D eigenvalue weighted by atomic mass is 79.9. The molecule has 108 valence electrons. The van der Waals surface area contributed by atoms with Crippen molar-refractivity contribution in [2.24, 2.45) is 0 Å². The van der Waals surface area contributed by atoms with Gasteiger partial charge in [-0.05, 0) is 40.2 Å². The largest absolute Gasteiger partial charge is 0.297 e. The molecule has 0 aliphatic heterocycles. The second-order valence-corrected chi connectivity index (χ2v) is 7.16. The fourth-order valence-corrected chi connectivity index (χ4v) is 3.23. The predicted octanol–water partition coefficient (Wildman–Crippen LogP) is 1.35. The van der Waals surface area contributed by atoms with Gasteiger partial charge in [-0.1, -0.05) is 0 Å². The second kappa shape index (κ2) is 6.20. The normalized spacial score (nSPS) is 11.0. The lowest BCUT2D eigenvalue weighted by atomic mass is 10.2. The van der Waals surface area contributed by atoms with E-state index in [2.05, 4.69) is 20.9 Å². The Morgan fingerprint density at radius 3 is 2.57 bits per heavy atom. The van der Waals surface area contributed by atoms with Gasteiger partial charge in [0, 0.05) is 12.7 Å². The van der Waals surface area contributed by atoms with E-state index in [9.17, 15) is 13.2 Å². The Balaban J connectivity index is 2.20. The molecular formula is C13H10BrN3O3S. The topological polar surface area (TPSA) is 92.8 Å². The molecule has 0 fully saturated rings. The van der Waals surface area contributed by atoms with Crippen LogP contribution in [0.5, 0.6) is 0 Å². The quantitative estimate of drug-likeness (QED) is 0.812. The molecule has 0 aliphatic rings. The Morgan fingerprint density at radius 1 is 1.29 bits per heavy atom. The van der Waals surface area contributed by atoms with E-state index in [1.807, 2.05) is 6.07 Å². The molecule has 2 aromatic rings. The molecule has 2 rings (SSSR count). The third-order valence-corrected chi connectivity index (χ3v) is 5.06. The molecule has 0 aliphatic carbocycles. The first kappa shape index (κ1) is 15.4. The number of benzene rings is 1. The summed E-state index contributed by atoms with van der Waals surface area (Å²) in [4.78, 5) is 15.7. The van der Waals surface area contributed by atoms with Crippen molar-refractivity contribution in [3.63, 3.8) is 0 Å². The first-order valence-electron chi connectivity index (χ1n) is 5.87. The van der Waals surface area contributed by atoms with E-state index in [0.717, 1.165) is 0 Å². The van der Waals surface area contributed by atoms with E-state index in [1.165, 1.54) is 41.4 Å². The number of nitriles is 1. The van der Waals surface area contributed by atoms with Crippen molar-refractivity contribution in [3.05, 3.63) is 57.2 Å². The first-order chi connectivity index (χ1) is 9.94. The maximum absolute atomic E-state index is 12.2. The summed E-state index contributed by atoms with van der Waals surface area (Å²) in [5, 5.41) is 8.69. The molecule has 8 heteroatoms. The lowest BCUT2D eigenvalue weighted by Crippen LogP contribution is -2.24. The lowest BCUT2D eigenvalue weighted by Gasteiger charge is -2.07. The maximum atomic E-state index is 12.2. The summed E-state index contributed by atoms with van der Waals surface area (Å²) < 4.78 is 25.8. The molecule has 6 nitrogen and oxygen atoms in total. The van der Waals surface area contributed by atoms with Crippen molar-refractivity contribution in [3.8, 4) is 6.07 Å². The van der Waals surface area contributed by atoms with Gasteiger partial charge in [0.1, 0.15) is 4.47 Å². The van der Waals surface area contributed by atoms with Gasteiger partial charge in [0.05, 0.1) is 28.6 Å². The highest BCUT2D eigenvalue weighted by Gasteiger charge is 2.15. The van der Waals surface area contributed by atoms with Gasteiger partial charge >= 0.3 is 0 Å². The Labute approximate surface area is 129 Å². The molecule has 0 atom stereocenters. The van der Waals surface area contributed by atoms with E-state index in [1.54, 1.807) is 0 Å². The molecule has 0 unspecified atom stereocenters. The van der Waals surface area contributed by atoms with E-state index in [4.69, 9.17) is 5.26 Å². The van der Waals surface area contributed by atoms with E-state index in [0.29, 0.717) is 5.56 Å². The summed E-state index contributed by atoms with van der Waals surface area (Å²) in [7, 11) is -3.53. The smallest absolute Gasteiger partial charge is 0.267 e. The van der Waals surface area contributed by atoms with E-state index < -0.39 is 9.84 Å². The van der Waals surface area contributed by atoms with Crippen LogP contribution in [0, 0.1) is 11.3 Å². The number of hydrogen-bond donors (Lipinski definition) is 0. The van der Waals surface area contributed by atoms with Crippen LogP contribution in [0.2, 0.25) is 0 Å². The average Bonchev–Trinajstić information content (AvgIpc) is 2.49. The van der Waals surface area contributed by atoms with Crippen LogP contribution in [0.1, 0.15) is 5.56 Å². The van der Waals surface area contributed by atoms with Crippen LogP contribution in [0.15, 0.2) is 51.0 Å². The first-order valence-corrected chi connectivity index (χ1v) is 8.31. The molecule has 0 saturated heterocycles. The van der Waals surface area contributed by atoms with Gasteiger partial charge in [-0.3, -0.25) is 9.36 Å². The molecule has 1 aromatic heterocycles. The Hall–Kier alpha value is -1.98. The standard InChI is InChI=1S/C13H10BrN3O3S/c14-12-8-16-9-17(13(12)18)5-6-21(19,20)11-3-1-10(7-15)2-4-11/h1-4,8-9H,5-6H2. The van der Waals surface area contributed by atoms with Gasteiger partial charge in [-0.2, -0.15) is 5.26 Å². The molecule has 0 amide bonds. The number of halogens is 1. The molecule has 0 radical (unpaired) electrons. The molecule has 0 spiro atoms. The van der Waals surface area contributed by atoms with Gasteiger partial charge < -0.3 is 0 Å². The zero-order chi connectivity index (χ0) is 15.5. The fourth-order valence-electron chi connectivity index (χ4n) is 1.66. The molecule has 0 bridgehead atoms. The Kier molecular flexibility index (Phi) is 4.55. The molecule has 0 N–H and O–H groups in total. The SMILES string of the molecule is N#Cc1ccc(S(=O)(=O)CCn2cncc(Br)c2=O)cc1. The highest BCUT2D eigenvalue weighted by Crippen LogP contribution is 2.12. The van der Waals surface area contributed by atoms with Crippen LogP contribution in [-0.2, 0) is 16.4 Å². The number of nitrogens with zero attached hydrogens (tertiary/aromatic N) is 3. The Bertz CT molecular complexity index is 851. The van der Waals surface area contributed by atoms with Crippen LogP contribution < -0.4 is 5.56 Å². The Morgan fingerprint density at radius 2 is 1.95 bits per heavy atom. The summed E-state index contributed by atoms with van der Waals surface area (Å²) in [6.45, 7) is 0.00755. The summed E-state index contributed by atoms with van der Waals surface area (Å²) in [6, 6.07) is 7.58. The minimum absolute atomic E-state index is 0.00755. The van der Waals surface area contributed by atoms with Crippen molar-refractivity contribution in [2.75, 3.05) is 5.75 Å². The van der Waals surface area contributed by atoms with Gasteiger partial charge in [0.25, 0.3) is 5.56 Å². The van der Waals surface area contributed by atoms with Crippen LogP contribution in [-0.4, -0.2) is 23.7 Å². The monoisotopic (exact) mass is 367 g/mol. The van der Waals surface area contributed by atoms with Crippen LogP contribution in [0.25, 0.3) is 0 Å². The third kappa shape index (κ3) is 3.56. The predicted molar refractivity (Wildman–Crippen MR) is 79.4 cm³/mol. The molecular weight excluding hydrogens is 358 g/mol. The van der Waals surface area contributed by atoms with Crippen molar-refractivity contribution in [1.29, 1.82) is 5.26 Å². The molecule has 1 heterocycles. The van der Waals surface area contributed by atoms with Gasteiger partial charge in [-0.15, -0.1) is 0 Å². The van der Waals surface area contributed by atoms with Crippen molar-refractivity contribution >= 4 is 25.8 Å². The molecule has 1 aromatic carbocycles. The van der Waals surface area contributed by atoms with Crippen LogP contribution >= 0.6 is 15.9 Å².